The normalized spacial score (nSPS) is 10.0. The van der Waals surface area contributed by atoms with Crippen molar-refractivity contribution >= 4 is 18.1 Å². The lowest BCUT2D eigenvalue weighted by atomic mass is 10.0. The van der Waals surface area contributed by atoms with E-state index in [1.54, 1.807) is 12.1 Å². The van der Waals surface area contributed by atoms with Gasteiger partial charge in [0.15, 0.2) is 11.5 Å². The summed E-state index contributed by atoms with van der Waals surface area (Å²) >= 11 is 0. The van der Waals surface area contributed by atoms with E-state index in [1.165, 1.54) is 12.1 Å². The van der Waals surface area contributed by atoms with Crippen molar-refractivity contribution in [2.75, 3.05) is 13.2 Å². The zero-order valence-electron chi connectivity index (χ0n) is 15.1. The van der Waals surface area contributed by atoms with Crippen LogP contribution in [0.5, 0.6) is 11.5 Å². The summed E-state index contributed by atoms with van der Waals surface area (Å²) in [5.74, 6) is 1.15. The number of hydrogen-bond acceptors (Lipinski definition) is 5. The second-order valence-electron chi connectivity index (χ2n) is 5.88. The quantitative estimate of drug-likeness (QED) is 0.441. The van der Waals surface area contributed by atoms with Crippen LogP contribution in [0.3, 0.4) is 0 Å². The number of non-ortho nitro benzene ring substituents is 1. The van der Waals surface area contributed by atoms with Crippen molar-refractivity contribution in [3.05, 3.63) is 88.5 Å². The van der Waals surface area contributed by atoms with Gasteiger partial charge in [-0.25, -0.2) is 0 Å². The molecule has 0 aromatic heterocycles. The Hall–Kier alpha value is -3.09. The summed E-state index contributed by atoms with van der Waals surface area (Å²) in [4.78, 5) is 10.6. The maximum atomic E-state index is 11.0. The number of nitrogens with two attached hydrogens (primary N) is 1. The highest BCUT2D eigenvalue weighted by atomic mass is 35.5. The third kappa shape index (κ3) is 5.45. The van der Waals surface area contributed by atoms with Crippen LogP contribution in [-0.4, -0.2) is 18.1 Å². The molecule has 28 heavy (non-hydrogen) atoms. The highest BCUT2D eigenvalue weighted by Gasteiger charge is 2.11. The molecule has 0 spiro atoms. The predicted molar refractivity (Wildman–Crippen MR) is 111 cm³/mol. The fourth-order valence-corrected chi connectivity index (χ4v) is 2.62. The van der Waals surface area contributed by atoms with Crippen molar-refractivity contribution in [1.82, 2.24) is 0 Å². The first-order valence-electron chi connectivity index (χ1n) is 8.56. The van der Waals surface area contributed by atoms with E-state index in [1.807, 2.05) is 48.5 Å². The molecule has 7 heteroatoms. The average molecular weight is 401 g/mol. The zero-order valence-corrected chi connectivity index (χ0v) is 15.9. The van der Waals surface area contributed by atoms with Crippen LogP contribution in [0, 0.1) is 10.1 Å². The average Bonchev–Trinajstić information content (AvgIpc) is 2.72. The molecule has 0 unspecified atom stereocenters. The van der Waals surface area contributed by atoms with Gasteiger partial charge in [-0.1, -0.05) is 48.5 Å². The lowest BCUT2D eigenvalue weighted by Gasteiger charge is -2.14. The monoisotopic (exact) mass is 400 g/mol. The van der Waals surface area contributed by atoms with Crippen LogP contribution in [0.4, 0.5) is 5.69 Å². The third-order valence-corrected chi connectivity index (χ3v) is 3.95. The lowest BCUT2D eigenvalue weighted by Crippen LogP contribution is -2.11. The number of nitro benzene ring substituents is 1. The number of halogens is 1. The van der Waals surface area contributed by atoms with Gasteiger partial charge in [-0.05, 0) is 28.8 Å². The summed E-state index contributed by atoms with van der Waals surface area (Å²) in [7, 11) is 0. The van der Waals surface area contributed by atoms with Gasteiger partial charge in [-0.15, -0.1) is 12.4 Å². The Morgan fingerprint density at radius 1 is 0.857 bits per heavy atom. The molecule has 3 aromatic rings. The molecule has 0 amide bonds. The summed E-state index contributed by atoms with van der Waals surface area (Å²) in [5, 5.41) is 11.0. The molecule has 0 atom stereocenters. The van der Waals surface area contributed by atoms with Gasteiger partial charge in [0.2, 0.25) is 0 Å². The minimum atomic E-state index is -0.408. The summed E-state index contributed by atoms with van der Waals surface area (Å²) < 4.78 is 11.6. The Morgan fingerprint density at radius 3 is 2.32 bits per heavy atom. The molecule has 6 nitrogen and oxygen atoms in total. The Bertz CT molecular complexity index is 919. The standard InChI is InChI=1S/C21H20N2O4.ClH/c22-11-12-26-20-10-9-18(17-7-4-8-19(13-17)23(24)25)14-21(20)27-15-16-5-2-1-3-6-16;/h1-10,13-14H,11-12,15,22H2;1H. The van der Waals surface area contributed by atoms with E-state index in [-0.39, 0.29) is 18.1 Å². The number of rotatable bonds is 8. The fraction of sp³-hybridized carbons (Fsp3) is 0.143. The molecule has 0 aliphatic carbocycles. The van der Waals surface area contributed by atoms with Gasteiger partial charge in [0.1, 0.15) is 13.2 Å². The van der Waals surface area contributed by atoms with Gasteiger partial charge in [-0.2, -0.15) is 0 Å². The topological polar surface area (TPSA) is 87.6 Å². The minimum Gasteiger partial charge on any atom is -0.488 e. The van der Waals surface area contributed by atoms with Gasteiger partial charge in [0.05, 0.1) is 4.92 Å². The molecular formula is C21H21ClN2O4. The van der Waals surface area contributed by atoms with Crippen molar-refractivity contribution in [1.29, 1.82) is 0 Å². The van der Waals surface area contributed by atoms with E-state index in [2.05, 4.69) is 0 Å². The van der Waals surface area contributed by atoms with E-state index >= 15 is 0 Å². The van der Waals surface area contributed by atoms with Crippen molar-refractivity contribution in [3.63, 3.8) is 0 Å². The molecule has 3 rings (SSSR count). The van der Waals surface area contributed by atoms with Crippen LogP contribution in [-0.2, 0) is 6.61 Å². The first-order valence-corrected chi connectivity index (χ1v) is 8.56. The Morgan fingerprint density at radius 2 is 1.61 bits per heavy atom. The molecule has 0 aliphatic heterocycles. The van der Waals surface area contributed by atoms with Crippen molar-refractivity contribution in [2.45, 2.75) is 6.61 Å². The molecule has 0 radical (unpaired) electrons. The first-order chi connectivity index (χ1) is 13.2. The molecular weight excluding hydrogens is 380 g/mol. The fourth-order valence-electron chi connectivity index (χ4n) is 2.62. The molecule has 2 N–H and O–H groups in total. The Balaban J connectivity index is 0.00000280. The third-order valence-electron chi connectivity index (χ3n) is 3.95. The number of nitro groups is 1. The van der Waals surface area contributed by atoms with Gasteiger partial charge >= 0.3 is 0 Å². The van der Waals surface area contributed by atoms with E-state index in [9.17, 15) is 10.1 Å². The smallest absolute Gasteiger partial charge is 0.270 e. The number of hydrogen-bond donors (Lipinski definition) is 1. The van der Waals surface area contributed by atoms with Crippen LogP contribution in [0.15, 0.2) is 72.8 Å². The maximum Gasteiger partial charge on any atom is 0.270 e. The zero-order chi connectivity index (χ0) is 19.1. The van der Waals surface area contributed by atoms with Gasteiger partial charge in [0, 0.05) is 18.7 Å². The van der Waals surface area contributed by atoms with Gasteiger partial charge < -0.3 is 15.2 Å². The van der Waals surface area contributed by atoms with Crippen molar-refractivity contribution in [3.8, 4) is 22.6 Å². The van der Waals surface area contributed by atoms with Crippen LogP contribution in [0.25, 0.3) is 11.1 Å². The number of ether oxygens (including phenoxy) is 2. The second-order valence-corrected chi connectivity index (χ2v) is 5.88. The van der Waals surface area contributed by atoms with Crippen LogP contribution < -0.4 is 15.2 Å². The molecule has 0 bridgehead atoms. The minimum absolute atomic E-state index is 0. The van der Waals surface area contributed by atoms with E-state index in [0.717, 1.165) is 16.7 Å². The number of benzene rings is 3. The molecule has 0 aliphatic rings. The highest BCUT2D eigenvalue weighted by Crippen LogP contribution is 2.34. The second kappa shape index (κ2) is 10.3. The van der Waals surface area contributed by atoms with E-state index in [4.69, 9.17) is 15.2 Å². The van der Waals surface area contributed by atoms with Crippen LogP contribution in [0.2, 0.25) is 0 Å². The summed E-state index contributed by atoms with van der Waals surface area (Å²) in [5.41, 5.74) is 8.15. The molecule has 0 saturated carbocycles. The van der Waals surface area contributed by atoms with Crippen molar-refractivity contribution in [2.24, 2.45) is 5.73 Å². The molecule has 146 valence electrons. The lowest BCUT2D eigenvalue weighted by molar-refractivity contribution is -0.384. The number of nitrogens with zero attached hydrogens (tertiary/aromatic N) is 1. The summed E-state index contributed by atoms with van der Waals surface area (Å²) in [6.45, 7) is 1.15. The maximum absolute atomic E-state index is 11.0. The molecule has 0 fully saturated rings. The largest absolute Gasteiger partial charge is 0.488 e. The Labute approximate surface area is 169 Å². The Kier molecular flexibility index (Phi) is 7.80. The van der Waals surface area contributed by atoms with Gasteiger partial charge in [0.25, 0.3) is 5.69 Å². The summed E-state index contributed by atoms with van der Waals surface area (Å²) in [6.07, 6.45) is 0. The van der Waals surface area contributed by atoms with E-state index < -0.39 is 4.92 Å². The first kappa shape index (κ1) is 21.2. The highest BCUT2D eigenvalue weighted by molar-refractivity contribution is 5.85. The predicted octanol–water partition coefficient (Wildman–Crippen LogP) is 4.60. The van der Waals surface area contributed by atoms with Crippen molar-refractivity contribution < 1.29 is 14.4 Å². The van der Waals surface area contributed by atoms with Gasteiger partial charge in [-0.3, -0.25) is 10.1 Å². The van der Waals surface area contributed by atoms with Crippen LogP contribution in [0.1, 0.15) is 5.56 Å². The molecule has 0 heterocycles. The van der Waals surface area contributed by atoms with Crippen LogP contribution >= 0.6 is 12.4 Å². The summed E-state index contributed by atoms with van der Waals surface area (Å²) in [6, 6.07) is 21.8. The van der Waals surface area contributed by atoms with E-state index in [0.29, 0.717) is 31.3 Å². The molecule has 0 saturated heterocycles. The SMILES string of the molecule is Cl.NCCOc1ccc(-c2cccc([N+](=O)[O-])c2)cc1OCc1ccccc1. The molecule has 3 aromatic carbocycles.